The molecule has 0 radical (unpaired) electrons. The van der Waals surface area contributed by atoms with Gasteiger partial charge in [-0.15, -0.1) is 0 Å². The van der Waals surface area contributed by atoms with Crippen LogP contribution in [0.4, 0.5) is 5.69 Å². The number of nitrogens with one attached hydrogen (secondary N) is 1. The minimum atomic E-state index is -4.13. The number of nitrogens with zero attached hydrogens (tertiary/aromatic N) is 1. The zero-order valence-corrected chi connectivity index (χ0v) is 18.9. The van der Waals surface area contributed by atoms with Crippen LogP contribution in [0, 0.1) is 6.92 Å². The van der Waals surface area contributed by atoms with Gasteiger partial charge in [-0.2, -0.15) is 0 Å². The number of sulfonamides is 1. The summed E-state index contributed by atoms with van der Waals surface area (Å²) in [6, 6.07) is 9.25. The van der Waals surface area contributed by atoms with Crippen molar-refractivity contribution < 1.29 is 17.9 Å². The monoisotopic (exact) mass is 458 g/mol. The molecule has 0 fully saturated rings. The Morgan fingerprint density at radius 3 is 2.48 bits per heavy atom. The zero-order valence-electron chi connectivity index (χ0n) is 16.5. The quantitative estimate of drug-likeness (QED) is 0.564. The lowest BCUT2D eigenvalue weighted by atomic mass is 10.2. The fourth-order valence-electron chi connectivity index (χ4n) is 2.65. The molecule has 2 aromatic rings. The number of methoxy groups -OCH3 is 1. The number of rotatable bonds is 9. The summed E-state index contributed by atoms with van der Waals surface area (Å²) < 4.78 is 33.3. The molecule has 0 aliphatic rings. The third-order valence-electron chi connectivity index (χ3n) is 4.22. The van der Waals surface area contributed by atoms with Gasteiger partial charge < -0.3 is 10.1 Å². The second-order valence-electron chi connectivity index (χ2n) is 6.47. The summed E-state index contributed by atoms with van der Waals surface area (Å²) in [6.45, 7) is 3.85. The first-order valence-corrected chi connectivity index (χ1v) is 11.3. The molecule has 0 aliphatic carbocycles. The molecule has 0 aromatic heterocycles. The van der Waals surface area contributed by atoms with E-state index in [9.17, 15) is 13.2 Å². The molecule has 0 spiro atoms. The van der Waals surface area contributed by atoms with Crippen molar-refractivity contribution in [1.82, 2.24) is 5.32 Å². The molecule has 0 bridgehead atoms. The molecule has 1 amide bonds. The zero-order chi connectivity index (χ0) is 21.6. The molecular weight excluding hydrogens is 435 g/mol. The normalized spacial score (nSPS) is 11.2. The number of anilines is 1. The highest BCUT2D eigenvalue weighted by molar-refractivity contribution is 7.93. The van der Waals surface area contributed by atoms with Crippen LogP contribution >= 0.6 is 23.2 Å². The van der Waals surface area contributed by atoms with Gasteiger partial charge in [0.25, 0.3) is 10.0 Å². The number of ether oxygens (including phenoxy) is 1. The van der Waals surface area contributed by atoms with E-state index in [2.05, 4.69) is 5.32 Å². The number of hydrogen-bond donors (Lipinski definition) is 1. The molecule has 158 valence electrons. The lowest BCUT2D eigenvalue weighted by molar-refractivity contribution is -0.119. The Bertz CT molecular complexity index is 980. The van der Waals surface area contributed by atoms with E-state index in [4.69, 9.17) is 27.9 Å². The molecular formula is C20H24Cl2N2O4S. The highest BCUT2D eigenvalue weighted by Crippen LogP contribution is 2.33. The summed E-state index contributed by atoms with van der Waals surface area (Å²) in [5, 5.41) is 3.21. The van der Waals surface area contributed by atoms with Gasteiger partial charge in [-0.3, -0.25) is 9.10 Å². The third-order valence-corrected chi connectivity index (χ3v) is 6.75. The predicted octanol–water partition coefficient (Wildman–Crippen LogP) is 4.42. The van der Waals surface area contributed by atoms with Crippen LogP contribution in [0.5, 0.6) is 5.75 Å². The number of aryl methyl sites for hydroxylation is 1. The van der Waals surface area contributed by atoms with Gasteiger partial charge in [0.1, 0.15) is 17.2 Å². The minimum absolute atomic E-state index is 0.0348. The van der Waals surface area contributed by atoms with Gasteiger partial charge in [0.15, 0.2) is 0 Å². The van der Waals surface area contributed by atoms with Gasteiger partial charge in [-0.1, -0.05) is 42.6 Å². The van der Waals surface area contributed by atoms with Crippen LogP contribution < -0.4 is 14.4 Å². The molecule has 0 unspecified atom stereocenters. The van der Waals surface area contributed by atoms with E-state index >= 15 is 0 Å². The van der Waals surface area contributed by atoms with Crippen molar-refractivity contribution in [2.24, 2.45) is 0 Å². The first-order valence-electron chi connectivity index (χ1n) is 9.09. The predicted molar refractivity (Wildman–Crippen MR) is 117 cm³/mol. The largest absolute Gasteiger partial charge is 0.495 e. The molecule has 0 saturated carbocycles. The van der Waals surface area contributed by atoms with E-state index in [0.29, 0.717) is 6.54 Å². The van der Waals surface area contributed by atoms with Gasteiger partial charge in [-0.05, 0) is 49.2 Å². The van der Waals surface area contributed by atoms with Crippen LogP contribution in [-0.4, -0.2) is 34.5 Å². The number of amides is 1. The highest BCUT2D eigenvalue weighted by atomic mass is 35.5. The van der Waals surface area contributed by atoms with Crippen LogP contribution in [0.15, 0.2) is 41.3 Å². The van der Waals surface area contributed by atoms with Crippen LogP contribution in [0.1, 0.15) is 25.3 Å². The van der Waals surface area contributed by atoms with Crippen molar-refractivity contribution in [3.8, 4) is 5.75 Å². The maximum atomic E-state index is 13.5. The van der Waals surface area contributed by atoms with Crippen LogP contribution in [-0.2, 0) is 14.8 Å². The summed E-state index contributed by atoms with van der Waals surface area (Å²) in [7, 11) is -2.74. The van der Waals surface area contributed by atoms with E-state index in [0.717, 1.165) is 22.7 Å². The lowest BCUT2D eigenvalue weighted by Crippen LogP contribution is -2.41. The number of halogens is 2. The molecule has 6 nitrogen and oxygen atoms in total. The Balaban J connectivity index is 2.52. The van der Waals surface area contributed by atoms with Gasteiger partial charge in [0, 0.05) is 6.54 Å². The number of carbonyl (C=O) groups excluding carboxylic acids is 1. The van der Waals surface area contributed by atoms with Gasteiger partial charge >= 0.3 is 0 Å². The molecule has 0 aliphatic heterocycles. The van der Waals surface area contributed by atoms with Crippen molar-refractivity contribution in [2.45, 2.75) is 31.6 Å². The first kappa shape index (κ1) is 23.3. The molecule has 1 N–H and O–H groups in total. The second kappa shape index (κ2) is 10.2. The number of hydrogen-bond acceptors (Lipinski definition) is 4. The Hall–Kier alpha value is -1.96. The molecule has 0 heterocycles. The van der Waals surface area contributed by atoms with Crippen molar-refractivity contribution in [2.75, 3.05) is 24.5 Å². The van der Waals surface area contributed by atoms with E-state index in [1.165, 1.54) is 31.4 Å². The molecule has 29 heavy (non-hydrogen) atoms. The molecule has 0 atom stereocenters. The van der Waals surface area contributed by atoms with Gasteiger partial charge in [-0.25, -0.2) is 8.42 Å². The first-order chi connectivity index (χ1) is 13.7. The fourth-order valence-corrected chi connectivity index (χ4v) is 4.60. The number of unbranched alkanes of at least 4 members (excludes halogenated alkanes) is 1. The Morgan fingerprint density at radius 2 is 1.86 bits per heavy atom. The molecule has 9 heteroatoms. The maximum Gasteiger partial charge on any atom is 0.268 e. The summed E-state index contributed by atoms with van der Waals surface area (Å²) in [5.41, 5.74) is 0.972. The average Bonchev–Trinajstić information content (AvgIpc) is 2.68. The molecule has 2 rings (SSSR count). The Labute approximate surface area is 181 Å². The molecule has 2 aromatic carbocycles. The summed E-state index contributed by atoms with van der Waals surface area (Å²) in [5.74, 6) is -0.230. The van der Waals surface area contributed by atoms with E-state index in [1.54, 1.807) is 19.1 Å². The van der Waals surface area contributed by atoms with Crippen molar-refractivity contribution >= 4 is 44.8 Å². The lowest BCUT2D eigenvalue weighted by Gasteiger charge is -2.25. The second-order valence-corrected chi connectivity index (χ2v) is 9.11. The highest BCUT2D eigenvalue weighted by Gasteiger charge is 2.30. The van der Waals surface area contributed by atoms with Crippen molar-refractivity contribution in [3.05, 3.63) is 52.0 Å². The standard InChI is InChI=1S/C20H24Cl2N2O4S/c1-4-5-10-23-20(25)13-24(15-7-8-16(21)17(22)12-15)29(26,27)19-11-14(2)6-9-18(19)28-3/h6-9,11-12H,4-5,10,13H2,1-3H3,(H,23,25). The van der Waals surface area contributed by atoms with Crippen LogP contribution in [0.2, 0.25) is 10.0 Å². The van der Waals surface area contributed by atoms with E-state index in [-0.39, 0.29) is 26.4 Å². The van der Waals surface area contributed by atoms with Crippen molar-refractivity contribution in [3.63, 3.8) is 0 Å². The maximum absolute atomic E-state index is 13.5. The summed E-state index contributed by atoms with van der Waals surface area (Å²) in [6.07, 6.45) is 1.71. The summed E-state index contributed by atoms with van der Waals surface area (Å²) in [4.78, 5) is 12.4. The number of carbonyl (C=O) groups is 1. The van der Waals surface area contributed by atoms with Crippen LogP contribution in [0.3, 0.4) is 0 Å². The third kappa shape index (κ3) is 5.78. The van der Waals surface area contributed by atoms with Gasteiger partial charge in [0.05, 0.1) is 22.8 Å². The molecule has 0 saturated heterocycles. The number of benzene rings is 2. The van der Waals surface area contributed by atoms with E-state index < -0.39 is 22.5 Å². The van der Waals surface area contributed by atoms with Crippen LogP contribution in [0.25, 0.3) is 0 Å². The van der Waals surface area contributed by atoms with Gasteiger partial charge in [0.2, 0.25) is 5.91 Å². The SMILES string of the molecule is CCCCNC(=O)CN(c1ccc(Cl)c(Cl)c1)S(=O)(=O)c1cc(C)ccc1OC. The summed E-state index contributed by atoms with van der Waals surface area (Å²) >= 11 is 12.1. The Morgan fingerprint density at radius 1 is 1.14 bits per heavy atom. The minimum Gasteiger partial charge on any atom is -0.495 e. The van der Waals surface area contributed by atoms with E-state index in [1.807, 2.05) is 6.92 Å². The fraction of sp³-hybridized carbons (Fsp3) is 0.350. The Kier molecular flexibility index (Phi) is 8.19. The van der Waals surface area contributed by atoms with Crippen molar-refractivity contribution in [1.29, 1.82) is 0 Å². The topological polar surface area (TPSA) is 75.7 Å². The average molecular weight is 459 g/mol. The smallest absolute Gasteiger partial charge is 0.268 e.